The molecule has 0 fully saturated rings. The number of likely N-dealkylation sites (N-methyl/N-ethyl adjacent to an activating group) is 1. The van der Waals surface area contributed by atoms with Crippen LogP contribution in [-0.4, -0.2) is 37.8 Å². The van der Waals surface area contributed by atoms with Gasteiger partial charge in [0.25, 0.3) is 0 Å². The van der Waals surface area contributed by atoms with Gasteiger partial charge in [-0.25, -0.2) is 4.98 Å². The Hall–Kier alpha value is -1.62. The first-order valence-corrected chi connectivity index (χ1v) is 6.35. The molecule has 0 atom stereocenters. The summed E-state index contributed by atoms with van der Waals surface area (Å²) in [5.74, 6) is 1.13. The van der Waals surface area contributed by atoms with Gasteiger partial charge in [0.1, 0.15) is 5.82 Å². The van der Waals surface area contributed by atoms with E-state index in [0.29, 0.717) is 0 Å². The molecule has 2 rings (SSSR count). The van der Waals surface area contributed by atoms with E-state index in [2.05, 4.69) is 39.7 Å². The lowest BCUT2D eigenvalue weighted by Crippen LogP contribution is -2.22. The topological polar surface area (TPSA) is 38.9 Å². The minimum absolute atomic E-state index is 0.890. The molecular formula is C13H21N5. The largest absolute Gasteiger partial charge is 0.334 e. The quantitative estimate of drug-likeness (QED) is 0.772. The van der Waals surface area contributed by atoms with Crippen LogP contribution in [0.5, 0.6) is 0 Å². The summed E-state index contributed by atoms with van der Waals surface area (Å²) in [7, 11) is 4.08. The van der Waals surface area contributed by atoms with Gasteiger partial charge in [0.15, 0.2) is 0 Å². The molecule has 0 aromatic carbocycles. The summed E-state index contributed by atoms with van der Waals surface area (Å²) in [5, 5.41) is 4.18. The normalized spacial score (nSPS) is 11.3. The van der Waals surface area contributed by atoms with Crippen LogP contribution in [0.15, 0.2) is 24.8 Å². The van der Waals surface area contributed by atoms with E-state index in [1.165, 1.54) is 5.56 Å². The molecule has 18 heavy (non-hydrogen) atoms. The molecule has 5 heteroatoms. The highest BCUT2D eigenvalue weighted by Gasteiger charge is 2.06. The summed E-state index contributed by atoms with van der Waals surface area (Å²) >= 11 is 0. The van der Waals surface area contributed by atoms with Crippen molar-refractivity contribution in [3.05, 3.63) is 36.2 Å². The first kappa shape index (κ1) is 12.8. The maximum atomic E-state index is 4.39. The first-order chi connectivity index (χ1) is 8.69. The van der Waals surface area contributed by atoms with Crippen molar-refractivity contribution in [2.45, 2.75) is 26.4 Å². The zero-order chi connectivity index (χ0) is 13.0. The molecular weight excluding hydrogens is 226 g/mol. The molecule has 0 aliphatic heterocycles. The van der Waals surface area contributed by atoms with Gasteiger partial charge < -0.3 is 4.57 Å². The SMILES string of the molecule is CCn1ccnc1CN(C)CCc1cnn(C)c1. The van der Waals surface area contributed by atoms with Crippen molar-refractivity contribution in [2.24, 2.45) is 7.05 Å². The monoisotopic (exact) mass is 247 g/mol. The number of nitrogens with zero attached hydrogens (tertiary/aromatic N) is 5. The molecule has 0 radical (unpaired) electrons. The van der Waals surface area contributed by atoms with Crippen LogP contribution in [-0.2, 0) is 26.6 Å². The fraction of sp³-hybridized carbons (Fsp3) is 0.538. The van der Waals surface area contributed by atoms with Gasteiger partial charge in [0.05, 0.1) is 12.7 Å². The summed E-state index contributed by atoms with van der Waals surface area (Å²) in [6, 6.07) is 0. The summed E-state index contributed by atoms with van der Waals surface area (Å²) in [6.45, 7) is 5.02. The highest BCUT2D eigenvalue weighted by Crippen LogP contribution is 2.04. The van der Waals surface area contributed by atoms with Crippen LogP contribution in [0.2, 0.25) is 0 Å². The molecule has 5 nitrogen and oxygen atoms in total. The molecule has 0 unspecified atom stereocenters. The Labute approximate surface area is 108 Å². The van der Waals surface area contributed by atoms with E-state index < -0.39 is 0 Å². The Morgan fingerprint density at radius 2 is 2.22 bits per heavy atom. The number of rotatable bonds is 6. The van der Waals surface area contributed by atoms with Crippen molar-refractivity contribution >= 4 is 0 Å². The predicted molar refractivity (Wildman–Crippen MR) is 71.1 cm³/mol. The average molecular weight is 247 g/mol. The maximum Gasteiger partial charge on any atom is 0.122 e. The minimum Gasteiger partial charge on any atom is -0.334 e. The molecule has 98 valence electrons. The summed E-state index contributed by atoms with van der Waals surface area (Å²) in [5.41, 5.74) is 1.28. The van der Waals surface area contributed by atoms with E-state index >= 15 is 0 Å². The second kappa shape index (κ2) is 5.82. The third kappa shape index (κ3) is 3.20. The van der Waals surface area contributed by atoms with Crippen molar-refractivity contribution in [3.63, 3.8) is 0 Å². The van der Waals surface area contributed by atoms with Gasteiger partial charge in [-0.1, -0.05) is 0 Å². The van der Waals surface area contributed by atoms with E-state index in [9.17, 15) is 0 Å². The van der Waals surface area contributed by atoms with Crippen molar-refractivity contribution < 1.29 is 0 Å². The first-order valence-electron chi connectivity index (χ1n) is 6.35. The molecule has 0 saturated heterocycles. The lowest BCUT2D eigenvalue weighted by Gasteiger charge is -2.16. The standard InChI is InChI=1S/C13H21N5/c1-4-18-8-6-14-13(18)11-16(2)7-5-12-9-15-17(3)10-12/h6,8-10H,4-5,7,11H2,1-3H3. The van der Waals surface area contributed by atoms with E-state index in [1.807, 2.05) is 30.3 Å². The molecule has 0 saturated carbocycles. The maximum absolute atomic E-state index is 4.39. The second-order valence-corrected chi connectivity index (χ2v) is 4.64. The van der Waals surface area contributed by atoms with Gasteiger partial charge in [0.2, 0.25) is 0 Å². The number of aryl methyl sites for hydroxylation is 2. The van der Waals surface area contributed by atoms with Crippen molar-refractivity contribution in [1.29, 1.82) is 0 Å². The fourth-order valence-electron chi connectivity index (χ4n) is 2.02. The van der Waals surface area contributed by atoms with Crippen molar-refractivity contribution in [2.75, 3.05) is 13.6 Å². The lowest BCUT2D eigenvalue weighted by molar-refractivity contribution is 0.317. The molecule has 0 N–H and O–H groups in total. The summed E-state index contributed by atoms with van der Waals surface area (Å²) in [6.07, 6.45) is 8.93. The molecule has 2 heterocycles. The fourth-order valence-corrected chi connectivity index (χ4v) is 2.02. The highest BCUT2D eigenvalue weighted by molar-refractivity contribution is 5.04. The number of imidazole rings is 1. The van der Waals surface area contributed by atoms with Crippen LogP contribution >= 0.6 is 0 Å². The van der Waals surface area contributed by atoms with Gasteiger partial charge in [-0.3, -0.25) is 9.58 Å². The summed E-state index contributed by atoms with van der Waals surface area (Å²) in [4.78, 5) is 6.68. The Balaban J connectivity index is 1.83. The minimum atomic E-state index is 0.890. The van der Waals surface area contributed by atoms with Crippen LogP contribution < -0.4 is 0 Å². The molecule has 2 aromatic rings. The van der Waals surface area contributed by atoms with Crippen LogP contribution in [0.1, 0.15) is 18.3 Å². The Morgan fingerprint density at radius 1 is 1.39 bits per heavy atom. The number of hydrogen-bond donors (Lipinski definition) is 0. The summed E-state index contributed by atoms with van der Waals surface area (Å²) < 4.78 is 4.03. The van der Waals surface area contributed by atoms with E-state index in [4.69, 9.17) is 0 Å². The third-order valence-electron chi connectivity index (χ3n) is 3.09. The highest BCUT2D eigenvalue weighted by atomic mass is 15.2. The second-order valence-electron chi connectivity index (χ2n) is 4.64. The third-order valence-corrected chi connectivity index (χ3v) is 3.09. The van der Waals surface area contributed by atoms with Crippen molar-refractivity contribution in [3.8, 4) is 0 Å². The van der Waals surface area contributed by atoms with Gasteiger partial charge in [0, 0.05) is 38.7 Å². The van der Waals surface area contributed by atoms with Crippen LogP contribution in [0, 0.1) is 0 Å². The molecule has 0 aliphatic rings. The lowest BCUT2D eigenvalue weighted by atomic mass is 10.2. The van der Waals surface area contributed by atoms with Gasteiger partial charge >= 0.3 is 0 Å². The smallest absolute Gasteiger partial charge is 0.122 e. The van der Waals surface area contributed by atoms with E-state index in [-0.39, 0.29) is 0 Å². The van der Waals surface area contributed by atoms with Gasteiger partial charge in [-0.2, -0.15) is 5.10 Å². The predicted octanol–water partition coefficient (Wildman–Crippen LogP) is 1.31. The Morgan fingerprint density at radius 3 is 2.89 bits per heavy atom. The number of aromatic nitrogens is 4. The van der Waals surface area contributed by atoms with E-state index in [0.717, 1.165) is 31.9 Å². The van der Waals surface area contributed by atoms with Crippen LogP contribution in [0.3, 0.4) is 0 Å². The van der Waals surface area contributed by atoms with Gasteiger partial charge in [-0.15, -0.1) is 0 Å². The molecule has 0 spiro atoms. The molecule has 0 amide bonds. The van der Waals surface area contributed by atoms with Crippen molar-refractivity contribution in [1.82, 2.24) is 24.2 Å². The number of hydrogen-bond acceptors (Lipinski definition) is 3. The molecule has 0 aliphatic carbocycles. The Bertz CT molecular complexity index is 485. The van der Waals surface area contributed by atoms with Crippen LogP contribution in [0.4, 0.5) is 0 Å². The van der Waals surface area contributed by atoms with Gasteiger partial charge in [-0.05, 0) is 26.0 Å². The zero-order valence-corrected chi connectivity index (χ0v) is 11.4. The van der Waals surface area contributed by atoms with E-state index in [1.54, 1.807) is 0 Å². The van der Waals surface area contributed by atoms with Crippen LogP contribution in [0.25, 0.3) is 0 Å². The Kier molecular flexibility index (Phi) is 4.15. The molecule has 2 aromatic heterocycles. The molecule has 0 bridgehead atoms. The average Bonchev–Trinajstić information content (AvgIpc) is 2.95. The zero-order valence-electron chi connectivity index (χ0n) is 11.4.